The average molecular weight is 318 g/mol. The van der Waals surface area contributed by atoms with Crippen LogP contribution in [0.1, 0.15) is 19.8 Å². The smallest absolute Gasteiger partial charge is 0.254 e. The molecule has 0 fully saturated rings. The van der Waals surface area contributed by atoms with Gasteiger partial charge in [0.05, 0.1) is 0 Å². The summed E-state index contributed by atoms with van der Waals surface area (Å²) >= 11 is 0. The van der Waals surface area contributed by atoms with E-state index in [-0.39, 0.29) is 12.7 Å². The number of amides is 4. The van der Waals surface area contributed by atoms with Crippen LogP contribution in [-0.4, -0.2) is 57.6 Å². The Morgan fingerprint density at radius 2 is 1.39 bits per heavy atom. The zero-order valence-electron chi connectivity index (χ0n) is 12.3. The number of imide groups is 2. The Morgan fingerprint density at radius 1 is 0.957 bits per heavy atom. The maximum absolute atomic E-state index is 12.4. The molecule has 23 heavy (non-hydrogen) atoms. The van der Waals surface area contributed by atoms with Crippen molar-refractivity contribution < 1.29 is 28.8 Å². The Labute approximate surface area is 131 Å². The first-order chi connectivity index (χ1) is 10.9. The fourth-order valence-electron chi connectivity index (χ4n) is 2.55. The molecule has 0 saturated heterocycles. The van der Waals surface area contributed by atoms with E-state index in [0.717, 1.165) is 24.3 Å². The summed E-state index contributed by atoms with van der Waals surface area (Å²) in [6.07, 6.45) is 4.53. The normalized spacial score (nSPS) is 19.7. The maximum Gasteiger partial charge on any atom is 0.254 e. The second-order valence-corrected chi connectivity index (χ2v) is 5.05. The zero-order valence-corrected chi connectivity index (χ0v) is 12.3. The predicted molar refractivity (Wildman–Crippen MR) is 75.5 cm³/mol. The maximum atomic E-state index is 12.4. The molecule has 2 rings (SSSR count). The minimum atomic E-state index is -1.54. The molecule has 0 saturated carbocycles. The van der Waals surface area contributed by atoms with Crippen LogP contribution in [0.2, 0.25) is 0 Å². The van der Waals surface area contributed by atoms with E-state index in [1.54, 1.807) is 6.92 Å². The summed E-state index contributed by atoms with van der Waals surface area (Å²) < 4.78 is 0. The van der Waals surface area contributed by atoms with Gasteiger partial charge in [-0.05, 0) is 6.42 Å². The lowest BCUT2D eigenvalue weighted by atomic mass is 9.98. The van der Waals surface area contributed by atoms with Crippen LogP contribution in [0.25, 0.3) is 0 Å². The third kappa shape index (κ3) is 2.87. The third-order valence-electron chi connectivity index (χ3n) is 3.55. The summed E-state index contributed by atoms with van der Waals surface area (Å²) in [5, 5.41) is 0. The monoisotopic (exact) mass is 318 g/mol. The molecule has 0 aromatic carbocycles. The van der Waals surface area contributed by atoms with Crippen LogP contribution in [0, 0.1) is 0 Å². The standard InChI is InChI=1S/C15H14N2O6/c1-2-3-10(19)15(17-13(22)6-7-14(17)23)9(8-18)16-11(20)4-5-12(16)21/h4-9,15H,2-3H2,1H3. The molecule has 120 valence electrons. The molecule has 0 radical (unpaired) electrons. The van der Waals surface area contributed by atoms with Crippen molar-refractivity contribution in [1.29, 1.82) is 0 Å². The quantitative estimate of drug-likeness (QED) is 0.446. The highest BCUT2D eigenvalue weighted by Crippen LogP contribution is 2.21. The van der Waals surface area contributed by atoms with Crippen molar-refractivity contribution in [3.05, 3.63) is 24.3 Å². The van der Waals surface area contributed by atoms with E-state index in [0.29, 0.717) is 16.2 Å². The van der Waals surface area contributed by atoms with Crippen molar-refractivity contribution in [2.24, 2.45) is 0 Å². The van der Waals surface area contributed by atoms with E-state index in [9.17, 15) is 28.8 Å². The van der Waals surface area contributed by atoms with Gasteiger partial charge in [0.2, 0.25) is 0 Å². The topological polar surface area (TPSA) is 109 Å². The SMILES string of the molecule is CCCC(=O)C(C(C=O)N1C(=O)C=CC1=O)N1C(=O)C=CC1=O. The second kappa shape index (κ2) is 6.47. The van der Waals surface area contributed by atoms with E-state index in [4.69, 9.17) is 0 Å². The fourth-order valence-corrected chi connectivity index (χ4v) is 2.55. The van der Waals surface area contributed by atoms with Gasteiger partial charge < -0.3 is 4.79 Å². The fraction of sp³-hybridized carbons (Fsp3) is 0.333. The van der Waals surface area contributed by atoms with Gasteiger partial charge in [0.25, 0.3) is 23.6 Å². The molecule has 8 heteroatoms. The van der Waals surface area contributed by atoms with Gasteiger partial charge in [0.15, 0.2) is 5.78 Å². The zero-order chi connectivity index (χ0) is 17.1. The van der Waals surface area contributed by atoms with Crippen LogP contribution >= 0.6 is 0 Å². The van der Waals surface area contributed by atoms with E-state index in [2.05, 4.69) is 0 Å². The number of carbonyl (C=O) groups excluding carboxylic acids is 6. The lowest BCUT2D eigenvalue weighted by molar-refractivity contribution is -0.153. The summed E-state index contributed by atoms with van der Waals surface area (Å²) in [7, 11) is 0. The summed E-state index contributed by atoms with van der Waals surface area (Å²) in [5.41, 5.74) is 0. The molecule has 8 nitrogen and oxygen atoms in total. The number of hydrogen-bond donors (Lipinski definition) is 0. The average Bonchev–Trinajstić information content (AvgIpc) is 3.00. The van der Waals surface area contributed by atoms with Gasteiger partial charge >= 0.3 is 0 Å². The number of hydrogen-bond acceptors (Lipinski definition) is 6. The highest BCUT2D eigenvalue weighted by molar-refractivity contribution is 6.18. The largest absolute Gasteiger partial charge is 0.301 e. The van der Waals surface area contributed by atoms with Gasteiger partial charge in [-0.1, -0.05) is 6.92 Å². The van der Waals surface area contributed by atoms with E-state index in [1.165, 1.54) is 0 Å². The molecule has 4 amide bonds. The molecule has 2 atom stereocenters. The van der Waals surface area contributed by atoms with Crippen LogP contribution in [0.5, 0.6) is 0 Å². The van der Waals surface area contributed by atoms with Gasteiger partial charge in [-0.25, -0.2) is 0 Å². The van der Waals surface area contributed by atoms with Crippen molar-refractivity contribution in [1.82, 2.24) is 9.80 Å². The highest BCUT2D eigenvalue weighted by Gasteiger charge is 2.46. The molecule has 0 spiro atoms. The molecule has 2 unspecified atom stereocenters. The van der Waals surface area contributed by atoms with E-state index >= 15 is 0 Å². The minimum absolute atomic E-state index is 0.00425. The number of nitrogens with zero attached hydrogens (tertiary/aromatic N) is 2. The first-order valence-corrected chi connectivity index (χ1v) is 7.00. The lowest BCUT2D eigenvalue weighted by Crippen LogP contribution is -2.59. The van der Waals surface area contributed by atoms with Crippen molar-refractivity contribution in [2.75, 3.05) is 0 Å². The molecule has 0 N–H and O–H groups in total. The summed E-state index contributed by atoms with van der Waals surface area (Å²) in [6.45, 7) is 1.71. The highest BCUT2D eigenvalue weighted by atomic mass is 16.2. The Morgan fingerprint density at radius 3 is 1.78 bits per heavy atom. The van der Waals surface area contributed by atoms with Gasteiger partial charge in [0, 0.05) is 30.7 Å². The molecular weight excluding hydrogens is 304 g/mol. The van der Waals surface area contributed by atoms with Gasteiger partial charge in [-0.3, -0.25) is 33.8 Å². The van der Waals surface area contributed by atoms with Gasteiger partial charge in [-0.15, -0.1) is 0 Å². The van der Waals surface area contributed by atoms with Crippen molar-refractivity contribution >= 4 is 35.7 Å². The predicted octanol–water partition coefficient (Wildman–Crippen LogP) is -0.858. The van der Waals surface area contributed by atoms with Gasteiger partial charge in [0.1, 0.15) is 18.4 Å². The van der Waals surface area contributed by atoms with Crippen LogP contribution < -0.4 is 0 Å². The Hall–Kier alpha value is -2.90. The molecule has 0 aliphatic carbocycles. The molecule has 0 aromatic heterocycles. The molecular formula is C15H14N2O6. The summed E-state index contributed by atoms with van der Waals surface area (Å²) in [4.78, 5) is 72.4. The molecule has 2 heterocycles. The first-order valence-electron chi connectivity index (χ1n) is 7.00. The van der Waals surface area contributed by atoms with E-state index in [1.807, 2.05) is 0 Å². The van der Waals surface area contributed by atoms with Crippen LogP contribution in [-0.2, 0) is 28.8 Å². The van der Waals surface area contributed by atoms with E-state index < -0.39 is 41.5 Å². The number of ketones is 1. The molecule has 0 aromatic rings. The van der Waals surface area contributed by atoms with Crippen LogP contribution in [0.3, 0.4) is 0 Å². The van der Waals surface area contributed by atoms with Crippen molar-refractivity contribution in [3.8, 4) is 0 Å². The Kier molecular flexibility index (Phi) is 4.63. The molecule has 2 aliphatic rings. The number of carbonyl (C=O) groups is 6. The number of aldehydes is 1. The summed E-state index contributed by atoms with van der Waals surface area (Å²) in [6, 6.07) is -3.06. The van der Waals surface area contributed by atoms with Crippen molar-refractivity contribution in [3.63, 3.8) is 0 Å². The Bertz CT molecular complexity index is 627. The third-order valence-corrected chi connectivity index (χ3v) is 3.55. The molecule has 0 bridgehead atoms. The van der Waals surface area contributed by atoms with Crippen LogP contribution in [0.4, 0.5) is 0 Å². The Balaban J connectivity index is 2.43. The first kappa shape index (κ1) is 16.5. The summed E-state index contributed by atoms with van der Waals surface area (Å²) in [5.74, 6) is -3.63. The number of Topliss-reactive ketones (excluding diaryl/α,β-unsaturated/α-hetero) is 1. The van der Waals surface area contributed by atoms with Crippen LogP contribution in [0.15, 0.2) is 24.3 Å². The minimum Gasteiger partial charge on any atom is -0.301 e. The number of rotatable bonds is 7. The molecule has 2 aliphatic heterocycles. The lowest BCUT2D eigenvalue weighted by Gasteiger charge is -2.33. The second-order valence-electron chi connectivity index (χ2n) is 5.05. The van der Waals surface area contributed by atoms with Gasteiger partial charge in [-0.2, -0.15) is 0 Å². The van der Waals surface area contributed by atoms with Crippen molar-refractivity contribution in [2.45, 2.75) is 31.8 Å².